The summed E-state index contributed by atoms with van der Waals surface area (Å²) >= 11 is 0. The molecule has 1 aliphatic heterocycles. The van der Waals surface area contributed by atoms with Crippen LogP contribution >= 0.6 is 0 Å². The molecular formula is C38H72N2O5. The molecule has 0 saturated carbocycles. The Balaban J connectivity index is 2.19. The van der Waals surface area contributed by atoms with Gasteiger partial charge in [0, 0.05) is 12.8 Å². The van der Waals surface area contributed by atoms with E-state index in [4.69, 9.17) is 9.47 Å². The van der Waals surface area contributed by atoms with E-state index >= 15 is 0 Å². The van der Waals surface area contributed by atoms with Crippen molar-refractivity contribution in [2.24, 2.45) is 0 Å². The number of nitrogens with zero attached hydrogens (tertiary/aromatic N) is 2. The first-order valence-corrected chi connectivity index (χ1v) is 19.3. The molecule has 0 aromatic carbocycles. The van der Waals surface area contributed by atoms with Crippen LogP contribution in [0.1, 0.15) is 181 Å². The monoisotopic (exact) mass is 637 g/mol. The van der Waals surface area contributed by atoms with Gasteiger partial charge in [0.2, 0.25) is 5.91 Å². The highest BCUT2D eigenvalue weighted by Crippen LogP contribution is 2.18. The maximum absolute atomic E-state index is 13.3. The Morgan fingerprint density at radius 3 is 1.27 bits per heavy atom. The molecule has 0 aromatic rings. The number of ether oxygens (including phenoxy) is 2. The molecular weight excluding hydrogens is 564 g/mol. The number of hydrogen-bond donors (Lipinski definition) is 0. The van der Waals surface area contributed by atoms with Gasteiger partial charge in [-0.3, -0.25) is 19.3 Å². The number of esters is 2. The van der Waals surface area contributed by atoms with E-state index in [-0.39, 0.29) is 37.1 Å². The Morgan fingerprint density at radius 2 is 0.933 bits per heavy atom. The number of carbonyl (C=O) groups is 3. The zero-order valence-corrected chi connectivity index (χ0v) is 29.9. The molecule has 1 saturated heterocycles. The van der Waals surface area contributed by atoms with E-state index in [1.54, 1.807) is 4.90 Å². The highest BCUT2D eigenvalue weighted by atomic mass is 16.5. The number of amides is 1. The Bertz CT molecular complexity index is 687. The number of carbonyl (C=O) groups excluding carboxylic acids is 3. The fourth-order valence-corrected chi connectivity index (χ4v) is 6.32. The summed E-state index contributed by atoms with van der Waals surface area (Å²) in [5, 5.41) is 0. The predicted octanol–water partition coefficient (Wildman–Crippen LogP) is 9.40. The average Bonchev–Trinajstić information content (AvgIpc) is 3.47. The van der Waals surface area contributed by atoms with Crippen molar-refractivity contribution < 1.29 is 23.9 Å². The molecule has 0 N–H and O–H groups in total. The molecule has 7 heteroatoms. The number of hydrogen-bond acceptors (Lipinski definition) is 6. The van der Waals surface area contributed by atoms with E-state index in [0.717, 1.165) is 45.1 Å². The van der Waals surface area contributed by atoms with Crippen LogP contribution in [0.3, 0.4) is 0 Å². The lowest BCUT2D eigenvalue weighted by molar-refractivity contribution is -0.149. The minimum absolute atomic E-state index is 0.0397. The van der Waals surface area contributed by atoms with E-state index in [0.29, 0.717) is 25.9 Å². The first-order chi connectivity index (χ1) is 22.0. The van der Waals surface area contributed by atoms with Crippen molar-refractivity contribution in [3.8, 4) is 0 Å². The smallest absolute Gasteiger partial charge is 0.305 e. The molecule has 0 spiro atoms. The van der Waals surface area contributed by atoms with Crippen molar-refractivity contribution in [3.63, 3.8) is 0 Å². The Hall–Kier alpha value is -1.63. The van der Waals surface area contributed by atoms with Crippen molar-refractivity contribution in [2.45, 2.75) is 187 Å². The van der Waals surface area contributed by atoms with Crippen LogP contribution in [0.4, 0.5) is 0 Å². The van der Waals surface area contributed by atoms with Crippen LogP contribution in [0.15, 0.2) is 0 Å². The number of unbranched alkanes of at least 4 members (excludes halogenated alkanes) is 20. The van der Waals surface area contributed by atoms with Gasteiger partial charge in [-0.1, -0.05) is 142 Å². The summed E-state index contributed by atoms with van der Waals surface area (Å²) in [6.45, 7) is 6.46. The predicted molar refractivity (Wildman–Crippen MR) is 186 cm³/mol. The highest BCUT2D eigenvalue weighted by Gasteiger charge is 2.31. The van der Waals surface area contributed by atoms with Crippen LogP contribution in [0.5, 0.6) is 0 Å². The number of likely N-dealkylation sites (N-methyl/N-ethyl adjacent to an activating group) is 1. The van der Waals surface area contributed by atoms with Crippen LogP contribution in [0.25, 0.3) is 0 Å². The van der Waals surface area contributed by atoms with Gasteiger partial charge in [-0.25, -0.2) is 0 Å². The molecule has 1 atom stereocenters. The van der Waals surface area contributed by atoms with Crippen LogP contribution in [-0.4, -0.2) is 73.6 Å². The standard InChI is InChI=1S/C38H72N2O5/c1-4-6-8-10-12-14-16-18-20-22-24-28-36(41)44-33-31-40(38(43)35-27-26-30-39(35)3)32-34-45-37(42)29-25-23-21-19-17-15-13-11-9-7-5-2/h35H,4-34H2,1-3H3. The summed E-state index contributed by atoms with van der Waals surface area (Å²) in [6, 6.07) is -0.149. The van der Waals surface area contributed by atoms with Gasteiger partial charge in [-0.2, -0.15) is 0 Å². The molecule has 7 nitrogen and oxygen atoms in total. The second-order valence-electron chi connectivity index (χ2n) is 13.5. The molecule has 0 aliphatic carbocycles. The van der Waals surface area contributed by atoms with E-state index in [1.165, 1.54) is 116 Å². The molecule has 1 fully saturated rings. The second-order valence-corrected chi connectivity index (χ2v) is 13.5. The summed E-state index contributed by atoms with van der Waals surface area (Å²) < 4.78 is 11.0. The summed E-state index contributed by atoms with van der Waals surface area (Å²) in [5.41, 5.74) is 0. The zero-order chi connectivity index (χ0) is 32.8. The molecule has 1 rings (SSSR count). The third kappa shape index (κ3) is 23.4. The van der Waals surface area contributed by atoms with Crippen molar-refractivity contribution >= 4 is 17.8 Å². The molecule has 1 amide bonds. The third-order valence-corrected chi connectivity index (χ3v) is 9.33. The quantitative estimate of drug-likeness (QED) is 0.0557. The number of rotatable bonds is 31. The van der Waals surface area contributed by atoms with Gasteiger partial charge in [0.1, 0.15) is 13.2 Å². The molecule has 1 heterocycles. The topological polar surface area (TPSA) is 76.1 Å². The Labute approximate surface area is 277 Å². The van der Waals surface area contributed by atoms with Crippen molar-refractivity contribution in [2.75, 3.05) is 39.9 Å². The fourth-order valence-electron chi connectivity index (χ4n) is 6.32. The lowest BCUT2D eigenvalue weighted by Crippen LogP contribution is -2.47. The first kappa shape index (κ1) is 41.4. The zero-order valence-electron chi connectivity index (χ0n) is 29.9. The molecule has 45 heavy (non-hydrogen) atoms. The SMILES string of the molecule is CCCCCCCCCCCCCC(=O)OCCN(CCOC(=O)CCCCCCCCCCCCC)C(=O)C1CCCN1C. The van der Waals surface area contributed by atoms with Crippen molar-refractivity contribution in [1.82, 2.24) is 9.80 Å². The van der Waals surface area contributed by atoms with Crippen LogP contribution < -0.4 is 0 Å². The molecule has 0 radical (unpaired) electrons. The summed E-state index contributed by atoms with van der Waals surface area (Å²) in [6.07, 6.45) is 30.2. The van der Waals surface area contributed by atoms with Gasteiger partial charge in [-0.05, 0) is 39.3 Å². The summed E-state index contributed by atoms with van der Waals surface area (Å²) in [4.78, 5) is 41.7. The largest absolute Gasteiger partial charge is 0.464 e. The highest BCUT2D eigenvalue weighted by molar-refractivity contribution is 5.82. The van der Waals surface area contributed by atoms with Gasteiger partial charge >= 0.3 is 11.9 Å². The third-order valence-electron chi connectivity index (χ3n) is 9.33. The van der Waals surface area contributed by atoms with Gasteiger partial charge in [-0.15, -0.1) is 0 Å². The summed E-state index contributed by atoms with van der Waals surface area (Å²) in [5.74, 6) is -0.331. The summed E-state index contributed by atoms with van der Waals surface area (Å²) in [7, 11) is 1.98. The van der Waals surface area contributed by atoms with E-state index in [1.807, 2.05) is 7.05 Å². The molecule has 0 bridgehead atoms. The van der Waals surface area contributed by atoms with Crippen molar-refractivity contribution in [3.05, 3.63) is 0 Å². The van der Waals surface area contributed by atoms with E-state index in [2.05, 4.69) is 18.7 Å². The second kappa shape index (κ2) is 29.8. The minimum Gasteiger partial charge on any atom is -0.464 e. The lowest BCUT2D eigenvalue weighted by atomic mass is 10.1. The van der Waals surface area contributed by atoms with Gasteiger partial charge in [0.05, 0.1) is 19.1 Å². The van der Waals surface area contributed by atoms with Gasteiger partial charge < -0.3 is 14.4 Å². The molecule has 0 aromatic heterocycles. The van der Waals surface area contributed by atoms with E-state index < -0.39 is 0 Å². The van der Waals surface area contributed by atoms with Crippen LogP contribution in [0.2, 0.25) is 0 Å². The Morgan fingerprint density at radius 1 is 0.578 bits per heavy atom. The minimum atomic E-state index is -0.185. The molecule has 264 valence electrons. The van der Waals surface area contributed by atoms with Gasteiger partial charge in [0.25, 0.3) is 0 Å². The van der Waals surface area contributed by atoms with Gasteiger partial charge in [0.15, 0.2) is 0 Å². The normalized spacial score (nSPS) is 15.0. The average molecular weight is 637 g/mol. The van der Waals surface area contributed by atoms with Crippen LogP contribution in [-0.2, 0) is 23.9 Å². The van der Waals surface area contributed by atoms with Crippen molar-refractivity contribution in [1.29, 1.82) is 0 Å². The molecule has 1 unspecified atom stereocenters. The van der Waals surface area contributed by atoms with E-state index in [9.17, 15) is 14.4 Å². The molecule has 1 aliphatic rings. The maximum Gasteiger partial charge on any atom is 0.305 e. The first-order valence-electron chi connectivity index (χ1n) is 19.3. The maximum atomic E-state index is 13.3. The van der Waals surface area contributed by atoms with Crippen LogP contribution in [0, 0.1) is 0 Å². The fraction of sp³-hybridized carbons (Fsp3) is 0.921. The lowest BCUT2D eigenvalue weighted by Gasteiger charge is -2.28. The Kier molecular flexibility index (Phi) is 27.4. The number of likely N-dealkylation sites (tertiary alicyclic amines) is 1.